The lowest BCUT2D eigenvalue weighted by Crippen LogP contribution is -2.39. The molecule has 0 unspecified atom stereocenters. The molecule has 0 atom stereocenters. The van der Waals surface area contributed by atoms with Gasteiger partial charge in [0.05, 0.1) is 11.1 Å². The molecule has 11 nitrogen and oxygen atoms in total. The Morgan fingerprint density at radius 2 is 1.20 bits per heavy atom. The van der Waals surface area contributed by atoms with Crippen molar-refractivity contribution in [3.05, 3.63) is 179 Å². The Morgan fingerprint density at radius 3 is 1.71 bits per heavy atom. The summed E-state index contributed by atoms with van der Waals surface area (Å²) in [5.74, 6) is -0.0451. The van der Waals surface area contributed by atoms with Crippen molar-refractivity contribution in [2.45, 2.75) is 72.4 Å². The summed E-state index contributed by atoms with van der Waals surface area (Å²) in [6.45, 7) is 10.0. The number of aromatic nitrogens is 6. The third-order valence-corrected chi connectivity index (χ3v) is 10.2. The third-order valence-electron chi connectivity index (χ3n) is 10.2. The fourth-order valence-corrected chi connectivity index (χ4v) is 7.42. The molecule has 0 aliphatic carbocycles. The zero-order chi connectivity index (χ0) is 41.8. The van der Waals surface area contributed by atoms with Crippen molar-refractivity contribution in [2.24, 2.45) is 5.41 Å². The number of rotatable bonds is 13. The summed E-state index contributed by atoms with van der Waals surface area (Å²) < 4.78 is 14.8. The van der Waals surface area contributed by atoms with Crippen molar-refractivity contribution in [3.63, 3.8) is 0 Å². The van der Waals surface area contributed by atoms with Crippen LogP contribution in [0.15, 0.2) is 140 Å². The van der Waals surface area contributed by atoms with E-state index in [-0.39, 0.29) is 24.7 Å². The topological polar surface area (TPSA) is 134 Å². The van der Waals surface area contributed by atoms with E-state index >= 15 is 0 Å². The van der Waals surface area contributed by atoms with Crippen LogP contribution in [0.1, 0.15) is 85.8 Å². The largest absolute Gasteiger partial charge is 0.456 e. The van der Waals surface area contributed by atoms with Gasteiger partial charge in [-0.15, -0.1) is 5.10 Å². The van der Waals surface area contributed by atoms with E-state index < -0.39 is 28.5 Å². The molecule has 2 aromatic heterocycles. The van der Waals surface area contributed by atoms with Crippen LogP contribution in [0, 0.1) is 5.41 Å². The molecular weight excluding hydrogens is 741 g/mol. The zero-order valence-electron chi connectivity index (χ0n) is 34.2. The van der Waals surface area contributed by atoms with E-state index in [1.807, 2.05) is 115 Å². The fourth-order valence-electron chi connectivity index (χ4n) is 7.42. The lowest BCUT2D eigenvalue weighted by atomic mass is 9.77. The summed E-state index contributed by atoms with van der Waals surface area (Å²) in [6, 6.07) is 46.6. The van der Waals surface area contributed by atoms with E-state index in [2.05, 4.69) is 51.7 Å². The van der Waals surface area contributed by atoms with Crippen molar-refractivity contribution in [2.75, 3.05) is 0 Å². The summed E-state index contributed by atoms with van der Waals surface area (Å²) >= 11 is 0. The van der Waals surface area contributed by atoms with Crippen LogP contribution in [0.5, 0.6) is 0 Å². The van der Waals surface area contributed by atoms with E-state index in [0.29, 0.717) is 18.1 Å². The minimum absolute atomic E-state index is 0.0259. The second-order valence-electron chi connectivity index (χ2n) is 15.9. The molecule has 0 fully saturated rings. The van der Waals surface area contributed by atoms with Crippen LogP contribution < -0.4 is 0 Å². The van der Waals surface area contributed by atoms with Gasteiger partial charge in [0.1, 0.15) is 23.6 Å². The molecule has 0 amide bonds. The maximum atomic E-state index is 13.6. The number of aliphatic hydroxyl groups is 1. The van der Waals surface area contributed by atoms with Gasteiger partial charge in [-0.3, -0.25) is 9.36 Å². The molecule has 7 aromatic rings. The van der Waals surface area contributed by atoms with Crippen LogP contribution in [0.25, 0.3) is 22.5 Å². The number of benzene rings is 5. The predicted octanol–water partition coefficient (Wildman–Crippen LogP) is 8.74. The highest BCUT2D eigenvalue weighted by Crippen LogP contribution is 2.43. The molecule has 11 heteroatoms. The number of tetrazole rings is 1. The Hall–Kier alpha value is -6.72. The van der Waals surface area contributed by atoms with Crippen molar-refractivity contribution < 1.29 is 24.2 Å². The SMILES string of the molecule is CCc1nc(C(=O)OCc2ccc(-c3ccccc3-c3nnnn3C(c3ccccc3)(c3ccccc3)c3ccccc3)cc2)c(C(C)(C)O)n1COC(=O)C(C)(C)C. The monoisotopic (exact) mass is 788 g/mol. The molecular formula is C48H48N6O5. The number of imidazole rings is 1. The minimum Gasteiger partial charge on any atom is -0.456 e. The van der Waals surface area contributed by atoms with E-state index in [1.165, 1.54) is 0 Å². The molecule has 7 rings (SSSR count). The van der Waals surface area contributed by atoms with Crippen LogP contribution in [0.4, 0.5) is 0 Å². The van der Waals surface area contributed by atoms with E-state index in [1.54, 1.807) is 39.2 Å². The first-order chi connectivity index (χ1) is 28.3. The fraction of sp³-hybridized carbons (Fsp3) is 0.250. The van der Waals surface area contributed by atoms with Gasteiger partial charge >= 0.3 is 11.9 Å². The highest BCUT2D eigenvalue weighted by molar-refractivity contribution is 5.89. The molecule has 0 radical (unpaired) electrons. The van der Waals surface area contributed by atoms with Crippen LogP contribution in [0.3, 0.4) is 0 Å². The Morgan fingerprint density at radius 1 is 0.678 bits per heavy atom. The maximum Gasteiger partial charge on any atom is 0.359 e. The number of nitrogens with zero attached hydrogens (tertiary/aromatic N) is 6. The summed E-state index contributed by atoms with van der Waals surface area (Å²) in [6.07, 6.45) is 0.435. The average molecular weight is 789 g/mol. The molecule has 2 heterocycles. The van der Waals surface area contributed by atoms with Gasteiger partial charge < -0.3 is 14.6 Å². The lowest BCUT2D eigenvalue weighted by Gasteiger charge is -2.36. The van der Waals surface area contributed by atoms with Gasteiger partial charge in [0.2, 0.25) is 0 Å². The normalized spacial score (nSPS) is 12.0. The zero-order valence-corrected chi connectivity index (χ0v) is 34.2. The number of hydrogen-bond donors (Lipinski definition) is 1. The van der Waals surface area contributed by atoms with Gasteiger partial charge in [-0.1, -0.05) is 146 Å². The Labute approximate surface area is 344 Å². The van der Waals surface area contributed by atoms with E-state index in [9.17, 15) is 14.7 Å². The number of esters is 2. The van der Waals surface area contributed by atoms with Crippen LogP contribution in [0.2, 0.25) is 0 Å². The molecule has 5 aromatic carbocycles. The van der Waals surface area contributed by atoms with Crippen molar-refractivity contribution in [1.29, 1.82) is 0 Å². The second kappa shape index (κ2) is 16.6. The first kappa shape index (κ1) is 40.5. The molecule has 1 N–H and O–H groups in total. The van der Waals surface area contributed by atoms with Crippen LogP contribution in [-0.4, -0.2) is 46.8 Å². The molecule has 0 aliphatic heterocycles. The average Bonchev–Trinajstić information content (AvgIpc) is 3.89. The van der Waals surface area contributed by atoms with Crippen LogP contribution >= 0.6 is 0 Å². The first-order valence-corrected chi connectivity index (χ1v) is 19.6. The third kappa shape index (κ3) is 8.06. The standard InChI is InChI=1S/C48H48N6O5/c1-7-40-49-41(42(47(5,6)57)53(40)32-59-45(56)46(2,3)4)44(55)58-31-33-27-29-34(30-28-33)38-25-17-18-26-39(38)43-50-51-52-54(43)48(35-19-11-8-12-20-35,36-21-13-9-14-22-36)37-23-15-10-16-24-37/h8-30,57H,7,31-32H2,1-6H3. The Kier molecular flexibility index (Phi) is 11.4. The van der Waals surface area contributed by atoms with Gasteiger partial charge in [-0.25, -0.2) is 14.5 Å². The smallest absolute Gasteiger partial charge is 0.359 e. The molecule has 300 valence electrons. The van der Waals surface area contributed by atoms with Gasteiger partial charge in [0.25, 0.3) is 0 Å². The van der Waals surface area contributed by atoms with Gasteiger partial charge in [0, 0.05) is 12.0 Å². The number of aryl methyl sites for hydroxylation is 1. The number of carbonyl (C=O) groups excluding carboxylic acids is 2. The molecule has 0 bridgehead atoms. The molecule has 0 saturated carbocycles. The minimum atomic E-state index is -1.49. The van der Waals surface area contributed by atoms with Gasteiger partial charge in [-0.05, 0) is 78.4 Å². The molecule has 0 aliphatic rings. The second-order valence-corrected chi connectivity index (χ2v) is 15.9. The number of carbonyl (C=O) groups is 2. The number of ether oxygens (including phenoxy) is 2. The predicted molar refractivity (Wildman–Crippen MR) is 225 cm³/mol. The first-order valence-electron chi connectivity index (χ1n) is 19.6. The van der Waals surface area contributed by atoms with Crippen molar-refractivity contribution >= 4 is 11.9 Å². The molecule has 0 saturated heterocycles. The van der Waals surface area contributed by atoms with Gasteiger partial charge in [-0.2, -0.15) is 0 Å². The van der Waals surface area contributed by atoms with Gasteiger partial charge in [0.15, 0.2) is 18.2 Å². The number of hydrogen-bond acceptors (Lipinski definition) is 9. The lowest BCUT2D eigenvalue weighted by molar-refractivity contribution is -0.157. The molecule has 59 heavy (non-hydrogen) atoms. The quantitative estimate of drug-likeness (QED) is 0.0899. The highest BCUT2D eigenvalue weighted by atomic mass is 16.5. The summed E-state index contributed by atoms with van der Waals surface area (Å²) in [5, 5.41) is 24.9. The summed E-state index contributed by atoms with van der Waals surface area (Å²) in [4.78, 5) is 30.7. The summed E-state index contributed by atoms with van der Waals surface area (Å²) in [5.41, 5.74) is 3.46. The molecule has 0 spiro atoms. The van der Waals surface area contributed by atoms with Crippen LogP contribution in [-0.2, 0) is 45.2 Å². The van der Waals surface area contributed by atoms with E-state index in [0.717, 1.165) is 38.9 Å². The Balaban J connectivity index is 1.20. The van der Waals surface area contributed by atoms with Crippen molar-refractivity contribution in [3.8, 4) is 22.5 Å². The van der Waals surface area contributed by atoms with Crippen molar-refractivity contribution in [1.82, 2.24) is 29.8 Å². The highest BCUT2D eigenvalue weighted by Gasteiger charge is 2.42. The summed E-state index contributed by atoms with van der Waals surface area (Å²) in [7, 11) is 0. The maximum absolute atomic E-state index is 13.6. The Bertz CT molecular complexity index is 2440. The van der Waals surface area contributed by atoms with E-state index in [4.69, 9.17) is 14.7 Å².